The van der Waals surface area contributed by atoms with Gasteiger partial charge in [-0.25, -0.2) is 0 Å². The van der Waals surface area contributed by atoms with E-state index in [-0.39, 0.29) is 5.91 Å². The molecule has 6 heteroatoms. The molecule has 168 valence electrons. The van der Waals surface area contributed by atoms with E-state index in [9.17, 15) is 4.79 Å². The molecular formula is C25H35N3O3. The highest BCUT2D eigenvalue weighted by Gasteiger charge is 2.27. The van der Waals surface area contributed by atoms with Crippen LogP contribution in [0.4, 0.5) is 5.69 Å². The summed E-state index contributed by atoms with van der Waals surface area (Å²) in [6.07, 6.45) is 0. The number of methoxy groups -OCH3 is 1. The second kappa shape index (κ2) is 11.3. The first-order valence-electron chi connectivity index (χ1n) is 11.0. The molecule has 1 heterocycles. The van der Waals surface area contributed by atoms with Gasteiger partial charge in [0.25, 0.3) is 0 Å². The summed E-state index contributed by atoms with van der Waals surface area (Å²) in [5.74, 6) is 1.01. The van der Waals surface area contributed by atoms with Gasteiger partial charge >= 0.3 is 0 Å². The zero-order valence-corrected chi connectivity index (χ0v) is 19.1. The second-order valence-corrected chi connectivity index (χ2v) is 8.40. The summed E-state index contributed by atoms with van der Waals surface area (Å²) < 4.78 is 11.0. The quantitative estimate of drug-likeness (QED) is 0.642. The molecule has 0 bridgehead atoms. The summed E-state index contributed by atoms with van der Waals surface area (Å²) in [6.45, 7) is 10.6. The predicted molar refractivity (Wildman–Crippen MR) is 125 cm³/mol. The molecule has 0 aliphatic carbocycles. The number of rotatable bonds is 9. The van der Waals surface area contributed by atoms with Crippen LogP contribution in [0.5, 0.6) is 5.75 Å². The third-order valence-corrected chi connectivity index (χ3v) is 5.82. The van der Waals surface area contributed by atoms with Crippen LogP contribution in [-0.2, 0) is 9.53 Å². The molecule has 1 fully saturated rings. The summed E-state index contributed by atoms with van der Waals surface area (Å²) in [5, 5.41) is 6.62. The minimum absolute atomic E-state index is 0.0976. The maximum Gasteiger partial charge on any atom is 0.246 e. The van der Waals surface area contributed by atoms with Crippen molar-refractivity contribution in [2.24, 2.45) is 5.92 Å². The van der Waals surface area contributed by atoms with Crippen molar-refractivity contribution in [3.05, 3.63) is 59.7 Å². The first-order chi connectivity index (χ1) is 15.0. The maximum absolute atomic E-state index is 13.4. The standard InChI is InChI=1S/C25H35N3O3/c1-18(2)22(28-12-14-31-15-13-28)17-26-24(20-8-6-5-7-9-20)25(29)27-21-16-19(3)10-11-23(21)30-4/h5-11,16,18,22,24,26H,12-15,17H2,1-4H3,(H,27,29). The van der Waals surface area contributed by atoms with E-state index in [4.69, 9.17) is 9.47 Å². The molecule has 1 aliphatic heterocycles. The van der Waals surface area contributed by atoms with Crippen molar-refractivity contribution >= 4 is 11.6 Å². The lowest BCUT2D eigenvalue weighted by Gasteiger charge is -2.37. The number of hydrogen-bond donors (Lipinski definition) is 2. The van der Waals surface area contributed by atoms with Gasteiger partial charge in [0.1, 0.15) is 11.8 Å². The van der Waals surface area contributed by atoms with E-state index >= 15 is 0 Å². The molecule has 1 saturated heterocycles. The van der Waals surface area contributed by atoms with Crippen molar-refractivity contribution in [3.8, 4) is 5.75 Å². The molecule has 0 spiro atoms. The van der Waals surface area contributed by atoms with E-state index in [2.05, 4.69) is 29.4 Å². The van der Waals surface area contributed by atoms with Crippen LogP contribution in [0.15, 0.2) is 48.5 Å². The Kier molecular flexibility index (Phi) is 8.46. The smallest absolute Gasteiger partial charge is 0.246 e. The summed E-state index contributed by atoms with van der Waals surface area (Å²) in [7, 11) is 1.61. The fourth-order valence-electron chi connectivity index (χ4n) is 4.07. The van der Waals surface area contributed by atoms with E-state index in [0.29, 0.717) is 23.4 Å². The van der Waals surface area contributed by atoms with Gasteiger partial charge in [-0.3, -0.25) is 9.69 Å². The Labute approximate surface area is 185 Å². The lowest BCUT2D eigenvalue weighted by Crippen LogP contribution is -2.51. The average molecular weight is 426 g/mol. The SMILES string of the molecule is COc1ccc(C)cc1NC(=O)C(NCC(C(C)C)N1CCOCC1)c1ccccc1. The third kappa shape index (κ3) is 6.29. The average Bonchev–Trinajstić information content (AvgIpc) is 2.78. The van der Waals surface area contributed by atoms with Crippen LogP contribution in [0.3, 0.4) is 0 Å². The van der Waals surface area contributed by atoms with Crippen molar-refractivity contribution < 1.29 is 14.3 Å². The first kappa shape index (κ1) is 23.3. The number of nitrogens with zero attached hydrogens (tertiary/aromatic N) is 1. The van der Waals surface area contributed by atoms with Crippen LogP contribution in [0.2, 0.25) is 0 Å². The van der Waals surface area contributed by atoms with Crippen molar-refractivity contribution in [3.63, 3.8) is 0 Å². The molecule has 0 radical (unpaired) electrons. The van der Waals surface area contributed by atoms with Gasteiger partial charge in [0.15, 0.2) is 0 Å². The fourth-order valence-corrected chi connectivity index (χ4v) is 4.07. The van der Waals surface area contributed by atoms with E-state index in [1.54, 1.807) is 7.11 Å². The molecule has 2 unspecified atom stereocenters. The molecule has 1 amide bonds. The number of benzene rings is 2. The Morgan fingerprint density at radius 1 is 1.13 bits per heavy atom. The van der Waals surface area contributed by atoms with Crippen LogP contribution in [-0.4, -0.2) is 56.8 Å². The Morgan fingerprint density at radius 3 is 2.48 bits per heavy atom. The molecule has 6 nitrogen and oxygen atoms in total. The molecule has 31 heavy (non-hydrogen) atoms. The lowest BCUT2D eigenvalue weighted by atomic mass is 10.00. The zero-order chi connectivity index (χ0) is 22.2. The van der Waals surface area contributed by atoms with Crippen LogP contribution < -0.4 is 15.4 Å². The van der Waals surface area contributed by atoms with E-state index < -0.39 is 6.04 Å². The number of ether oxygens (including phenoxy) is 2. The van der Waals surface area contributed by atoms with Crippen LogP contribution in [0, 0.1) is 12.8 Å². The normalized spacial score (nSPS) is 16.7. The number of aryl methyl sites for hydroxylation is 1. The summed E-state index contributed by atoms with van der Waals surface area (Å²) in [6, 6.07) is 15.5. The number of morpholine rings is 1. The molecule has 2 N–H and O–H groups in total. The Morgan fingerprint density at radius 2 is 1.84 bits per heavy atom. The van der Waals surface area contributed by atoms with Crippen molar-refractivity contribution in [1.82, 2.24) is 10.2 Å². The molecule has 3 rings (SSSR count). The molecule has 2 aromatic carbocycles. The minimum atomic E-state index is -0.464. The molecule has 0 saturated carbocycles. The Balaban J connectivity index is 1.78. The number of nitrogens with one attached hydrogen (secondary N) is 2. The van der Waals surface area contributed by atoms with Gasteiger partial charge in [-0.1, -0.05) is 50.2 Å². The van der Waals surface area contributed by atoms with Crippen LogP contribution in [0.25, 0.3) is 0 Å². The van der Waals surface area contributed by atoms with Gasteiger partial charge in [0, 0.05) is 25.7 Å². The molecule has 2 aromatic rings. The number of carbonyl (C=O) groups excluding carboxylic acids is 1. The number of carbonyl (C=O) groups is 1. The van der Waals surface area contributed by atoms with E-state index in [1.807, 2.05) is 55.5 Å². The first-order valence-corrected chi connectivity index (χ1v) is 11.0. The highest BCUT2D eigenvalue weighted by Crippen LogP contribution is 2.27. The zero-order valence-electron chi connectivity index (χ0n) is 19.1. The third-order valence-electron chi connectivity index (χ3n) is 5.82. The van der Waals surface area contributed by atoms with Crippen LogP contribution in [0.1, 0.15) is 31.0 Å². The Bertz CT molecular complexity index is 835. The van der Waals surface area contributed by atoms with Gasteiger partial charge in [0.2, 0.25) is 5.91 Å². The van der Waals surface area contributed by atoms with Gasteiger partial charge in [0.05, 0.1) is 26.0 Å². The molecule has 2 atom stereocenters. The molecular weight excluding hydrogens is 390 g/mol. The second-order valence-electron chi connectivity index (χ2n) is 8.40. The molecule has 1 aliphatic rings. The highest BCUT2D eigenvalue weighted by molar-refractivity contribution is 5.96. The topological polar surface area (TPSA) is 62.8 Å². The highest BCUT2D eigenvalue weighted by atomic mass is 16.5. The Hall–Kier alpha value is -2.41. The van der Waals surface area contributed by atoms with Crippen molar-refractivity contribution in [2.75, 3.05) is 45.3 Å². The van der Waals surface area contributed by atoms with E-state index in [0.717, 1.165) is 44.0 Å². The monoisotopic (exact) mass is 425 g/mol. The summed E-state index contributed by atoms with van der Waals surface area (Å²) >= 11 is 0. The number of amides is 1. The number of anilines is 1. The van der Waals surface area contributed by atoms with Gasteiger partial charge in [-0.2, -0.15) is 0 Å². The predicted octanol–water partition coefficient (Wildman–Crippen LogP) is 3.63. The van der Waals surface area contributed by atoms with Crippen LogP contribution >= 0.6 is 0 Å². The maximum atomic E-state index is 13.4. The summed E-state index contributed by atoms with van der Waals surface area (Å²) in [5.41, 5.74) is 2.69. The van der Waals surface area contributed by atoms with Gasteiger partial charge in [-0.15, -0.1) is 0 Å². The van der Waals surface area contributed by atoms with Gasteiger partial charge < -0.3 is 20.1 Å². The fraction of sp³-hybridized carbons (Fsp3) is 0.480. The van der Waals surface area contributed by atoms with Crippen molar-refractivity contribution in [1.29, 1.82) is 0 Å². The lowest BCUT2D eigenvalue weighted by molar-refractivity contribution is -0.118. The van der Waals surface area contributed by atoms with Crippen molar-refractivity contribution in [2.45, 2.75) is 32.9 Å². The largest absolute Gasteiger partial charge is 0.495 e. The minimum Gasteiger partial charge on any atom is -0.495 e. The van der Waals surface area contributed by atoms with E-state index in [1.165, 1.54) is 0 Å². The number of hydrogen-bond acceptors (Lipinski definition) is 5. The van der Waals surface area contributed by atoms with Gasteiger partial charge in [-0.05, 0) is 36.1 Å². The summed E-state index contributed by atoms with van der Waals surface area (Å²) in [4.78, 5) is 15.9. The molecule has 0 aromatic heterocycles.